The Kier molecular flexibility index (Phi) is 9.16. The summed E-state index contributed by atoms with van der Waals surface area (Å²) in [6.07, 6.45) is 4.82. The van der Waals surface area contributed by atoms with Gasteiger partial charge in [-0.3, -0.25) is 9.89 Å². The smallest absolute Gasteiger partial charge is 0.159 e. The predicted octanol–water partition coefficient (Wildman–Crippen LogP) is 6.93. The van der Waals surface area contributed by atoms with Crippen LogP contribution in [0.25, 0.3) is 22.5 Å². The maximum atomic E-state index is 11.4. The molecule has 29 heavy (non-hydrogen) atoms. The number of aromatic amines is 1. The molecular weight excluding hydrogens is 360 g/mol. The van der Waals surface area contributed by atoms with E-state index in [1.807, 2.05) is 68.4 Å². The number of hydrogen-bond acceptors (Lipinski definition) is 3. The Labute approximate surface area is 174 Å². The fourth-order valence-electron chi connectivity index (χ4n) is 2.94. The third kappa shape index (κ3) is 6.60. The number of ketones is 1. The lowest BCUT2D eigenvalue weighted by molar-refractivity contribution is 0.101. The number of ether oxygens (including phenoxy) is 1. The van der Waals surface area contributed by atoms with Gasteiger partial charge < -0.3 is 4.74 Å². The highest BCUT2D eigenvalue weighted by Crippen LogP contribution is 2.25. The normalized spacial score (nSPS) is 10.2. The molecule has 1 heterocycles. The number of H-pyrrole nitrogens is 1. The van der Waals surface area contributed by atoms with E-state index in [2.05, 4.69) is 17.1 Å². The van der Waals surface area contributed by atoms with E-state index in [1.54, 1.807) is 6.92 Å². The van der Waals surface area contributed by atoms with Gasteiger partial charge in [0.25, 0.3) is 0 Å². The maximum absolute atomic E-state index is 11.4. The largest absolute Gasteiger partial charge is 0.494 e. The molecule has 1 N–H and O–H groups in total. The van der Waals surface area contributed by atoms with Crippen LogP contribution in [0.5, 0.6) is 5.75 Å². The van der Waals surface area contributed by atoms with Gasteiger partial charge in [-0.05, 0) is 49.2 Å². The topological polar surface area (TPSA) is 55.0 Å². The van der Waals surface area contributed by atoms with E-state index >= 15 is 0 Å². The molecule has 2 aromatic carbocycles. The van der Waals surface area contributed by atoms with E-state index < -0.39 is 0 Å². The molecule has 0 atom stereocenters. The van der Waals surface area contributed by atoms with E-state index in [-0.39, 0.29) is 5.78 Å². The summed E-state index contributed by atoms with van der Waals surface area (Å²) in [5, 5.41) is 7.48. The molecule has 1 aromatic heterocycles. The number of carbonyl (C=O) groups is 1. The molecule has 0 saturated carbocycles. The number of carbonyl (C=O) groups excluding carboxylic acids is 1. The predicted molar refractivity (Wildman–Crippen MR) is 120 cm³/mol. The zero-order valence-corrected chi connectivity index (χ0v) is 18.0. The minimum absolute atomic E-state index is 0.0690. The average molecular weight is 393 g/mol. The molecule has 0 fully saturated rings. The SMILES string of the molecule is CC.CCCCCCOc1ccc(-c2cc(-c3ccc(C(C)=O)cc3)[nH]n2)cc1. The number of Topliss-reactive ketones (excluding diaryl/α,β-unsaturated/α-hetero) is 1. The van der Waals surface area contributed by atoms with Gasteiger partial charge in [-0.1, -0.05) is 64.3 Å². The maximum Gasteiger partial charge on any atom is 0.159 e. The third-order valence-electron chi connectivity index (χ3n) is 4.60. The van der Waals surface area contributed by atoms with E-state index in [9.17, 15) is 4.79 Å². The minimum Gasteiger partial charge on any atom is -0.494 e. The van der Waals surface area contributed by atoms with E-state index in [4.69, 9.17) is 4.74 Å². The van der Waals surface area contributed by atoms with Crippen LogP contribution in [0, 0.1) is 0 Å². The van der Waals surface area contributed by atoms with E-state index in [1.165, 1.54) is 19.3 Å². The summed E-state index contributed by atoms with van der Waals surface area (Å²) < 4.78 is 5.79. The molecule has 0 spiro atoms. The van der Waals surface area contributed by atoms with Crippen LogP contribution in [0.3, 0.4) is 0 Å². The molecule has 3 aromatic rings. The summed E-state index contributed by atoms with van der Waals surface area (Å²) in [4.78, 5) is 11.4. The van der Waals surface area contributed by atoms with Crippen molar-refractivity contribution in [1.29, 1.82) is 0 Å². The van der Waals surface area contributed by atoms with Crippen LogP contribution < -0.4 is 4.74 Å². The van der Waals surface area contributed by atoms with Crippen molar-refractivity contribution in [2.75, 3.05) is 6.61 Å². The molecule has 4 nitrogen and oxygen atoms in total. The number of nitrogens with one attached hydrogen (secondary N) is 1. The Morgan fingerprint density at radius 3 is 2.21 bits per heavy atom. The minimum atomic E-state index is 0.0690. The third-order valence-corrected chi connectivity index (χ3v) is 4.60. The van der Waals surface area contributed by atoms with Crippen LogP contribution >= 0.6 is 0 Å². The Bertz CT molecular complexity index is 865. The quantitative estimate of drug-likeness (QED) is 0.317. The molecule has 0 amide bonds. The van der Waals surface area contributed by atoms with Gasteiger partial charge in [0, 0.05) is 11.1 Å². The summed E-state index contributed by atoms with van der Waals surface area (Å²) in [5.41, 5.74) is 4.57. The lowest BCUT2D eigenvalue weighted by atomic mass is 10.1. The first-order chi connectivity index (χ1) is 14.2. The van der Waals surface area contributed by atoms with Crippen LogP contribution in [-0.4, -0.2) is 22.6 Å². The molecule has 0 aliphatic heterocycles. The van der Waals surface area contributed by atoms with Gasteiger partial charge in [-0.25, -0.2) is 0 Å². The van der Waals surface area contributed by atoms with Crippen molar-refractivity contribution in [1.82, 2.24) is 10.2 Å². The second-order valence-electron chi connectivity index (χ2n) is 6.73. The molecule has 3 rings (SSSR count). The van der Waals surface area contributed by atoms with Gasteiger partial charge in [0.05, 0.1) is 18.0 Å². The Balaban J connectivity index is 0.00000145. The number of nitrogens with zero attached hydrogens (tertiary/aromatic N) is 1. The number of unbranched alkanes of at least 4 members (excludes halogenated alkanes) is 3. The molecule has 0 bridgehead atoms. The van der Waals surface area contributed by atoms with Gasteiger partial charge in [-0.15, -0.1) is 0 Å². The van der Waals surface area contributed by atoms with Crippen molar-refractivity contribution < 1.29 is 9.53 Å². The van der Waals surface area contributed by atoms with Gasteiger partial charge in [-0.2, -0.15) is 5.10 Å². The first kappa shape index (κ1) is 22.4. The second-order valence-corrected chi connectivity index (χ2v) is 6.73. The molecule has 0 radical (unpaired) electrons. The van der Waals surface area contributed by atoms with Gasteiger partial charge >= 0.3 is 0 Å². The fourth-order valence-corrected chi connectivity index (χ4v) is 2.94. The van der Waals surface area contributed by atoms with Crippen molar-refractivity contribution in [3.8, 4) is 28.3 Å². The summed E-state index contributed by atoms with van der Waals surface area (Å²) in [5.74, 6) is 0.963. The molecule has 4 heteroatoms. The second kappa shape index (κ2) is 11.8. The average Bonchev–Trinajstić information content (AvgIpc) is 3.26. The lowest BCUT2D eigenvalue weighted by Crippen LogP contribution is -1.96. The molecule has 0 unspecified atom stereocenters. The zero-order valence-electron chi connectivity index (χ0n) is 18.0. The first-order valence-corrected chi connectivity index (χ1v) is 10.6. The zero-order chi connectivity index (χ0) is 21.1. The monoisotopic (exact) mass is 392 g/mol. The fraction of sp³-hybridized carbons (Fsp3) is 0.360. The number of aromatic nitrogens is 2. The summed E-state index contributed by atoms with van der Waals surface area (Å²) in [6.45, 7) is 8.55. The van der Waals surface area contributed by atoms with Crippen molar-refractivity contribution in [3.05, 3.63) is 60.2 Å². The standard InChI is InChI=1S/C23H26N2O2.C2H6/c1-3-4-5-6-15-27-21-13-11-20(12-14-21)23-16-22(24-25-23)19-9-7-18(8-10-19)17(2)26;1-2/h7-14,16H,3-6,15H2,1-2H3,(H,24,25);1-2H3. The van der Waals surface area contributed by atoms with Gasteiger partial charge in [0.15, 0.2) is 5.78 Å². The van der Waals surface area contributed by atoms with E-state index in [0.29, 0.717) is 5.56 Å². The van der Waals surface area contributed by atoms with Crippen molar-refractivity contribution in [2.24, 2.45) is 0 Å². The van der Waals surface area contributed by atoms with Crippen LogP contribution in [-0.2, 0) is 0 Å². The number of rotatable bonds is 9. The highest BCUT2D eigenvalue weighted by Gasteiger charge is 2.07. The van der Waals surface area contributed by atoms with E-state index in [0.717, 1.165) is 41.3 Å². The Morgan fingerprint density at radius 1 is 0.931 bits per heavy atom. The first-order valence-electron chi connectivity index (χ1n) is 10.6. The van der Waals surface area contributed by atoms with Crippen LogP contribution in [0.2, 0.25) is 0 Å². The van der Waals surface area contributed by atoms with Crippen molar-refractivity contribution in [2.45, 2.75) is 53.4 Å². The van der Waals surface area contributed by atoms with Crippen LogP contribution in [0.15, 0.2) is 54.6 Å². The summed E-state index contributed by atoms with van der Waals surface area (Å²) in [7, 11) is 0. The molecule has 0 aliphatic carbocycles. The number of benzene rings is 2. The molecule has 154 valence electrons. The van der Waals surface area contributed by atoms with Gasteiger partial charge in [0.1, 0.15) is 5.75 Å². The lowest BCUT2D eigenvalue weighted by Gasteiger charge is -2.06. The highest BCUT2D eigenvalue weighted by atomic mass is 16.5. The van der Waals surface area contributed by atoms with Crippen molar-refractivity contribution >= 4 is 5.78 Å². The molecular formula is C25H32N2O2. The molecule has 0 aliphatic rings. The Hall–Kier alpha value is -2.88. The molecule has 0 saturated heterocycles. The van der Waals surface area contributed by atoms with Gasteiger partial charge in [0.2, 0.25) is 0 Å². The summed E-state index contributed by atoms with van der Waals surface area (Å²) >= 11 is 0. The van der Waals surface area contributed by atoms with Crippen LogP contribution in [0.4, 0.5) is 0 Å². The van der Waals surface area contributed by atoms with Crippen LogP contribution in [0.1, 0.15) is 63.7 Å². The van der Waals surface area contributed by atoms with Crippen molar-refractivity contribution in [3.63, 3.8) is 0 Å². The Morgan fingerprint density at radius 2 is 1.59 bits per heavy atom. The number of hydrogen-bond donors (Lipinski definition) is 1. The summed E-state index contributed by atoms with van der Waals surface area (Å²) in [6, 6.07) is 17.6. The highest BCUT2D eigenvalue weighted by molar-refractivity contribution is 5.94.